The molecule has 10 aromatic rings. The highest BCUT2D eigenvalue weighted by Gasteiger charge is 2.33. The maximum absolute atomic E-state index is 12.6. The van der Waals surface area contributed by atoms with Gasteiger partial charge in [-0.05, 0) is 125 Å². The number of H-pyrrole nitrogens is 4. The average Bonchev–Trinajstić information content (AvgIpc) is 4.11. The third-order valence-electron chi connectivity index (χ3n) is 13.3. The van der Waals surface area contributed by atoms with Gasteiger partial charge in [0.15, 0.2) is 0 Å². The van der Waals surface area contributed by atoms with E-state index in [4.69, 9.17) is 19.9 Å². The van der Waals surface area contributed by atoms with Gasteiger partial charge in [0, 0.05) is 22.3 Å². The normalized spacial score (nSPS) is 13.8. The fourth-order valence-corrected chi connectivity index (χ4v) is 9.50. The van der Waals surface area contributed by atoms with Crippen LogP contribution in [0.3, 0.4) is 0 Å². The summed E-state index contributed by atoms with van der Waals surface area (Å²) in [7, 11) is -4.55. The molecule has 0 aliphatic heterocycles. The third-order valence-corrected chi connectivity index (χ3v) is 14.2. The van der Waals surface area contributed by atoms with Crippen molar-refractivity contribution in [1.29, 1.82) is 0 Å². The number of nitrogens with one attached hydrogen (secondary N) is 4. The maximum atomic E-state index is 12.6. The largest absolute Gasteiger partial charge is 0.338 e. The Bertz CT molecular complexity index is 3540. The molecule has 64 heavy (non-hydrogen) atoms. The summed E-state index contributed by atoms with van der Waals surface area (Å²) in [6.45, 7) is 15.4. The molecular formula is C52H50N8O3S. The molecule has 2 atom stereocenters. The molecule has 322 valence electrons. The lowest BCUT2D eigenvalue weighted by atomic mass is 9.68. The Hall–Kier alpha value is -6.89. The molecule has 0 radical (unpaired) electrons. The first-order valence-corrected chi connectivity index (χ1v) is 23.3. The predicted octanol–water partition coefficient (Wildman–Crippen LogP) is 12.8. The minimum Gasteiger partial charge on any atom is -0.338 e. The van der Waals surface area contributed by atoms with Crippen LogP contribution in [0.25, 0.3) is 89.7 Å². The van der Waals surface area contributed by atoms with Crippen molar-refractivity contribution < 1.29 is 13.0 Å². The second kappa shape index (κ2) is 15.4. The molecule has 0 spiro atoms. The van der Waals surface area contributed by atoms with Crippen molar-refractivity contribution in [3.63, 3.8) is 0 Å². The fourth-order valence-electron chi connectivity index (χ4n) is 8.94. The van der Waals surface area contributed by atoms with Crippen LogP contribution in [0.15, 0.2) is 120 Å². The highest BCUT2D eigenvalue weighted by Crippen LogP contribution is 2.43. The number of hydrogen-bond donors (Lipinski definition) is 5. The summed E-state index contributed by atoms with van der Waals surface area (Å²) in [5.41, 5.74) is 14.5. The summed E-state index contributed by atoms with van der Waals surface area (Å²) in [6.07, 6.45) is 0.886. The Labute approximate surface area is 371 Å². The number of aromatic nitrogens is 8. The fraction of sp³-hybridized carbons (Fsp3) is 0.231. The van der Waals surface area contributed by atoms with Gasteiger partial charge in [0.2, 0.25) is 0 Å². The molecule has 0 saturated heterocycles. The summed E-state index contributed by atoms with van der Waals surface area (Å²) < 4.78 is 35.3. The Kier molecular flexibility index (Phi) is 9.91. The first-order chi connectivity index (χ1) is 30.6. The van der Waals surface area contributed by atoms with Crippen LogP contribution in [0.5, 0.6) is 0 Å². The highest BCUT2D eigenvalue weighted by atomic mass is 32.2. The highest BCUT2D eigenvalue weighted by molar-refractivity contribution is 7.85. The summed E-state index contributed by atoms with van der Waals surface area (Å²) in [4.78, 5) is 33.3. The Balaban J connectivity index is 0.941. The van der Waals surface area contributed by atoms with Crippen molar-refractivity contribution in [3.8, 4) is 45.6 Å². The van der Waals surface area contributed by atoms with Gasteiger partial charge in [0.05, 0.1) is 49.0 Å². The van der Waals surface area contributed by atoms with Crippen molar-refractivity contribution in [3.05, 3.63) is 138 Å². The van der Waals surface area contributed by atoms with Crippen molar-refractivity contribution in [2.45, 2.75) is 83.0 Å². The quantitative estimate of drug-likeness (QED) is 0.0806. The van der Waals surface area contributed by atoms with E-state index in [1.165, 1.54) is 23.3 Å². The van der Waals surface area contributed by atoms with Crippen molar-refractivity contribution in [2.24, 2.45) is 0 Å². The molecule has 4 aromatic heterocycles. The topological polar surface area (TPSA) is 169 Å². The summed E-state index contributed by atoms with van der Waals surface area (Å²) in [6, 6.07) is 38.3. The minimum absolute atomic E-state index is 0.101. The lowest BCUT2D eigenvalue weighted by Crippen LogP contribution is -2.28. The van der Waals surface area contributed by atoms with Crippen LogP contribution in [0.2, 0.25) is 0 Å². The van der Waals surface area contributed by atoms with Crippen LogP contribution >= 0.6 is 0 Å². The molecule has 5 N–H and O–H groups in total. The van der Waals surface area contributed by atoms with E-state index in [1.54, 1.807) is 0 Å². The van der Waals surface area contributed by atoms with Crippen LogP contribution in [0.1, 0.15) is 94.9 Å². The molecule has 2 unspecified atom stereocenters. The van der Waals surface area contributed by atoms with Gasteiger partial charge in [-0.2, -0.15) is 8.42 Å². The number of rotatable bonds is 11. The van der Waals surface area contributed by atoms with Crippen LogP contribution in [-0.2, 0) is 15.5 Å². The van der Waals surface area contributed by atoms with E-state index in [1.807, 2.05) is 30.3 Å². The second-order valence-electron chi connectivity index (χ2n) is 18.0. The molecule has 0 aliphatic rings. The zero-order valence-electron chi connectivity index (χ0n) is 36.9. The van der Waals surface area contributed by atoms with E-state index in [9.17, 15) is 13.0 Å². The number of hydrogen-bond acceptors (Lipinski definition) is 6. The van der Waals surface area contributed by atoms with E-state index in [0.29, 0.717) is 34.6 Å². The summed E-state index contributed by atoms with van der Waals surface area (Å²) in [5, 5.41) is 0. The SMILES string of the molecule is CCC(C)(c1ccc2nc(-c3cccc(-c4nc5ccc(C(C)C)cc5[nH]4)c3)[nH]c2c1)C(C)c1ccc2nc(-c3cc(-c4nc5ccc(C(C)C)cc5[nH]4)cc(S(=O)(=O)O)c3)[nH]c2c1. The van der Waals surface area contributed by atoms with Crippen LogP contribution < -0.4 is 0 Å². The van der Waals surface area contributed by atoms with Gasteiger partial charge < -0.3 is 19.9 Å². The second-order valence-corrected chi connectivity index (χ2v) is 19.4. The average molecular weight is 867 g/mol. The van der Waals surface area contributed by atoms with Gasteiger partial charge in [0.1, 0.15) is 23.3 Å². The first-order valence-electron chi connectivity index (χ1n) is 21.9. The monoisotopic (exact) mass is 866 g/mol. The Morgan fingerprint density at radius 2 is 0.906 bits per heavy atom. The molecule has 0 fully saturated rings. The van der Waals surface area contributed by atoms with Crippen molar-refractivity contribution in [2.75, 3.05) is 0 Å². The molecule has 0 bridgehead atoms. The predicted molar refractivity (Wildman–Crippen MR) is 257 cm³/mol. The molecule has 6 aromatic carbocycles. The molecule has 12 heteroatoms. The van der Waals surface area contributed by atoms with Crippen molar-refractivity contribution >= 4 is 54.3 Å². The van der Waals surface area contributed by atoms with Gasteiger partial charge >= 0.3 is 0 Å². The number of fused-ring (bicyclic) bond motifs is 4. The molecular weight excluding hydrogens is 817 g/mol. The maximum Gasteiger partial charge on any atom is 0.294 e. The molecule has 4 heterocycles. The van der Waals surface area contributed by atoms with E-state index >= 15 is 0 Å². The van der Waals surface area contributed by atoms with E-state index in [-0.39, 0.29) is 16.2 Å². The number of benzene rings is 6. The standard InChI is InChI=1S/C52H50N8O3S/c1-8-52(7,38-15-19-43-47(27-38)60-49(54-43)35-11-9-10-34(20-35)48-53-40-16-12-31(28(2)3)24-44(40)57-48)30(6)33-14-18-42-46(26-33)59-51(56-42)37-21-36(22-39(23-37)64(61,62)63)50-55-41-17-13-32(29(4)5)25-45(41)58-50/h9-30H,8H2,1-7H3,(H,53,57)(H,54,60)(H,55,58)(H,56,59)(H,61,62,63). The van der Waals surface area contributed by atoms with Gasteiger partial charge in [-0.1, -0.05) is 90.9 Å². The zero-order chi connectivity index (χ0) is 44.7. The molecule has 0 saturated carbocycles. The van der Waals surface area contributed by atoms with E-state index in [2.05, 4.69) is 141 Å². The molecule has 10 rings (SSSR count). The lowest BCUT2D eigenvalue weighted by Gasteiger charge is -2.36. The third kappa shape index (κ3) is 7.36. The van der Waals surface area contributed by atoms with E-state index in [0.717, 1.165) is 84.5 Å². The lowest BCUT2D eigenvalue weighted by molar-refractivity contribution is 0.382. The Morgan fingerprint density at radius 3 is 1.34 bits per heavy atom. The number of imidazole rings is 4. The number of aromatic amines is 4. The Morgan fingerprint density at radius 1 is 0.516 bits per heavy atom. The molecule has 11 nitrogen and oxygen atoms in total. The van der Waals surface area contributed by atoms with Gasteiger partial charge in [0.25, 0.3) is 10.1 Å². The van der Waals surface area contributed by atoms with Gasteiger partial charge in [-0.15, -0.1) is 0 Å². The van der Waals surface area contributed by atoms with Crippen molar-refractivity contribution in [1.82, 2.24) is 39.9 Å². The van der Waals surface area contributed by atoms with Crippen LogP contribution in [0, 0.1) is 0 Å². The van der Waals surface area contributed by atoms with Gasteiger partial charge in [-0.25, -0.2) is 19.9 Å². The summed E-state index contributed by atoms with van der Waals surface area (Å²) in [5.74, 6) is 3.47. The zero-order valence-corrected chi connectivity index (χ0v) is 37.7. The van der Waals surface area contributed by atoms with Gasteiger partial charge in [-0.3, -0.25) is 4.55 Å². The van der Waals surface area contributed by atoms with E-state index < -0.39 is 10.1 Å². The van der Waals surface area contributed by atoms with Crippen LogP contribution in [0.4, 0.5) is 0 Å². The minimum atomic E-state index is -4.55. The summed E-state index contributed by atoms with van der Waals surface area (Å²) >= 11 is 0. The molecule has 0 aliphatic carbocycles. The first kappa shape index (κ1) is 41.1. The number of nitrogens with zero attached hydrogens (tertiary/aromatic N) is 4. The van der Waals surface area contributed by atoms with Crippen LogP contribution in [-0.4, -0.2) is 52.8 Å². The smallest absolute Gasteiger partial charge is 0.294 e. The molecule has 0 amide bonds.